The molecule has 0 radical (unpaired) electrons. The molecule has 7 heteroatoms. The van der Waals surface area contributed by atoms with Crippen molar-refractivity contribution in [1.82, 2.24) is 4.57 Å². The summed E-state index contributed by atoms with van der Waals surface area (Å²) in [6, 6.07) is 12.0. The molecular weight excluding hydrogens is 377 g/mol. The number of anilines is 2. The highest BCUT2D eigenvalue weighted by molar-refractivity contribution is 7.98. The van der Waals surface area contributed by atoms with Crippen LogP contribution in [0.4, 0.5) is 15.8 Å². The summed E-state index contributed by atoms with van der Waals surface area (Å²) < 4.78 is 15.7. The third-order valence-electron chi connectivity index (χ3n) is 5.02. The highest BCUT2D eigenvalue weighted by Gasteiger charge is 2.31. The van der Waals surface area contributed by atoms with Gasteiger partial charge in [-0.05, 0) is 49.1 Å². The van der Waals surface area contributed by atoms with Crippen LogP contribution >= 0.6 is 11.8 Å². The lowest BCUT2D eigenvalue weighted by molar-refractivity contribution is -0.117. The molecule has 2 aromatic carbocycles. The van der Waals surface area contributed by atoms with Gasteiger partial charge < -0.3 is 14.8 Å². The molecule has 1 N–H and O–H groups in total. The minimum absolute atomic E-state index is 0.0461. The van der Waals surface area contributed by atoms with Crippen molar-refractivity contribution >= 4 is 45.9 Å². The standard InChI is InChI=1S/C21H20FN3O2S/c1-24-17-9-8-13(22)11-16(17)19(25-10-4-7-18(25)26)20(24)21(27)23-14-5-3-6-15(12-14)28-2/h3,5-6,8-9,11-12H,4,7,10H2,1-2H3,(H,23,27). The van der Waals surface area contributed by atoms with Crippen LogP contribution in [0.2, 0.25) is 0 Å². The zero-order chi connectivity index (χ0) is 19.8. The van der Waals surface area contributed by atoms with Gasteiger partial charge in [0.1, 0.15) is 11.5 Å². The van der Waals surface area contributed by atoms with Crippen molar-refractivity contribution in [3.8, 4) is 0 Å². The number of nitrogens with one attached hydrogen (secondary N) is 1. The highest BCUT2D eigenvalue weighted by atomic mass is 32.2. The number of thioether (sulfide) groups is 1. The second kappa shape index (κ2) is 7.31. The molecular formula is C21H20FN3O2S. The van der Waals surface area contributed by atoms with Crippen LogP contribution in [0.5, 0.6) is 0 Å². The second-order valence-electron chi connectivity index (χ2n) is 6.75. The Labute approximate surface area is 166 Å². The maximum absolute atomic E-state index is 14.0. The Hall–Kier alpha value is -2.80. The molecule has 1 aliphatic heterocycles. The van der Waals surface area contributed by atoms with Crippen LogP contribution in [0, 0.1) is 5.82 Å². The Morgan fingerprint density at radius 2 is 2.04 bits per heavy atom. The number of carbonyl (C=O) groups excluding carboxylic acids is 2. The molecule has 1 aliphatic rings. The molecule has 1 fully saturated rings. The van der Waals surface area contributed by atoms with E-state index >= 15 is 0 Å². The van der Waals surface area contributed by atoms with Gasteiger partial charge >= 0.3 is 0 Å². The number of benzene rings is 2. The van der Waals surface area contributed by atoms with Gasteiger partial charge in [0.05, 0.1) is 11.2 Å². The minimum atomic E-state index is -0.398. The van der Waals surface area contributed by atoms with Gasteiger partial charge in [-0.25, -0.2) is 4.39 Å². The summed E-state index contributed by atoms with van der Waals surface area (Å²) in [7, 11) is 1.76. The number of amides is 2. The summed E-state index contributed by atoms with van der Waals surface area (Å²) in [5.41, 5.74) is 2.22. The van der Waals surface area contributed by atoms with Crippen molar-refractivity contribution in [3.05, 3.63) is 54.0 Å². The summed E-state index contributed by atoms with van der Waals surface area (Å²) in [5, 5.41) is 3.49. The Balaban J connectivity index is 1.84. The lowest BCUT2D eigenvalue weighted by Gasteiger charge is -2.18. The molecule has 28 heavy (non-hydrogen) atoms. The summed E-state index contributed by atoms with van der Waals surface area (Å²) in [6.45, 7) is 0.525. The predicted molar refractivity (Wildman–Crippen MR) is 111 cm³/mol. The third-order valence-corrected chi connectivity index (χ3v) is 5.75. The molecule has 3 aromatic rings. The van der Waals surface area contributed by atoms with Crippen LogP contribution in [-0.4, -0.2) is 29.2 Å². The van der Waals surface area contributed by atoms with Crippen molar-refractivity contribution in [2.75, 3.05) is 23.0 Å². The molecule has 2 amide bonds. The predicted octanol–water partition coefficient (Wildman–Crippen LogP) is 4.42. The zero-order valence-electron chi connectivity index (χ0n) is 15.7. The van der Waals surface area contributed by atoms with Gasteiger partial charge in [0.15, 0.2) is 0 Å². The molecule has 4 rings (SSSR count). The zero-order valence-corrected chi connectivity index (χ0v) is 16.5. The lowest BCUT2D eigenvalue weighted by atomic mass is 10.2. The topological polar surface area (TPSA) is 54.3 Å². The van der Waals surface area contributed by atoms with E-state index in [1.807, 2.05) is 30.5 Å². The first-order valence-electron chi connectivity index (χ1n) is 9.03. The van der Waals surface area contributed by atoms with Crippen LogP contribution in [0.25, 0.3) is 10.9 Å². The molecule has 1 saturated heterocycles. The van der Waals surface area contributed by atoms with Crippen LogP contribution in [0.3, 0.4) is 0 Å². The Kier molecular flexibility index (Phi) is 4.85. The van der Waals surface area contributed by atoms with E-state index in [9.17, 15) is 14.0 Å². The van der Waals surface area contributed by atoms with Crippen LogP contribution in [0.1, 0.15) is 23.3 Å². The van der Waals surface area contributed by atoms with Crippen molar-refractivity contribution in [1.29, 1.82) is 0 Å². The molecule has 0 unspecified atom stereocenters. The fourth-order valence-electron chi connectivity index (χ4n) is 3.71. The number of rotatable bonds is 4. The number of hydrogen-bond donors (Lipinski definition) is 1. The van der Waals surface area contributed by atoms with Gasteiger partial charge in [0.2, 0.25) is 5.91 Å². The molecule has 0 bridgehead atoms. The number of fused-ring (bicyclic) bond motifs is 1. The van der Waals surface area contributed by atoms with Crippen molar-refractivity contribution < 1.29 is 14.0 Å². The van der Waals surface area contributed by atoms with E-state index in [2.05, 4.69) is 5.32 Å². The molecule has 144 valence electrons. The SMILES string of the molecule is CSc1cccc(NC(=O)c2c(N3CCCC3=O)c3cc(F)ccc3n2C)c1. The summed E-state index contributed by atoms with van der Waals surface area (Å²) in [5.74, 6) is -0.770. The molecule has 2 heterocycles. The van der Waals surface area contributed by atoms with Gasteiger partial charge in [0, 0.05) is 36.0 Å². The number of carbonyl (C=O) groups is 2. The maximum Gasteiger partial charge on any atom is 0.274 e. The second-order valence-corrected chi connectivity index (χ2v) is 7.63. The van der Waals surface area contributed by atoms with Crippen LogP contribution in [0.15, 0.2) is 47.4 Å². The minimum Gasteiger partial charge on any atom is -0.338 e. The number of aromatic nitrogens is 1. The van der Waals surface area contributed by atoms with E-state index in [1.165, 1.54) is 12.1 Å². The smallest absolute Gasteiger partial charge is 0.274 e. The molecule has 5 nitrogen and oxygen atoms in total. The number of aryl methyl sites for hydroxylation is 1. The van der Waals surface area contributed by atoms with Crippen LogP contribution < -0.4 is 10.2 Å². The fraction of sp³-hybridized carbons (Fsp3) is 0.238. The summed E-state index contributed by atoms with van der Waals surface area (Å²) in [6.07, 6.45) is 3.13. The Morgan fingerprint density at radius 3 is 2.75 bits per heavy atom. The van der Waals surface area contributed by atoms with Gasteiger partial charge in [-0.15, -0.1) is 11.8 Å². The molecule has 0 saturated carbocycles. The Morgan fingerprint density at radius 1 is 1.21 bits per heavy atom. The van der Waals surface area contributed by atoms with E-state index in [4.69, 9.17) is 0 Å². The first-order valence-corrected chi connectivity index (χ1v) is 10.3. The van der Waals surface area contributed by atoms with Crippen molar-refractivity contribution in [3.63, 3.8) is 0 Å². The van der Waals surface area contributed by atoms with Crippen molar-refractivity contribution in [2.45, 2.75) is 17.7 Å². The Bertz CT molecular complexity index is 1090. The quantitative estimate of drug-likeness (QED) is 0.663. The largest absolute Gasteiger partial charge is 0.338 e. The maximum atomic E-state index is 14.0. The average Bonchev–Trinajstić information content (AvgIpc) is 3.22. The molecule has 0 spiro atoms. The van der Waals surface area contributed by atoms with Gasteiger partial charge in [-0.1, -0.05) is 6.07 Å². The highest BCUT2D eigenvalue weighted by Crippen LogP contribution is 2.37. The van der Waals surface area contributed by atoms with E-state index in [0.717, 1.165) is 11.3 Å². The van der Waals surface area contributed by atoms with Gasteiger partial charge in [-0.3, -0.25) is 9.59 Å². The van der Waals surface area contributed by atoms with E-state index in [-0.39, 0.29) is 11.8 Å². The monoisotopic (exact) mass is 397 g/mol. The van der Waals surface area contributed by atoms with Gasteiger partial charge in [-0.2, -0.15) is 0 Å². The first-order chi connectivity index (χ1) is 13.5. The molecule has 0 aliphatic carbocycles. The third kappa shape index (κ3) is 3.16. The normalized spacial score (nSPS) is 14.1. The van der Waals surface area contributed by atoms with E-state index in [1.54, 1.807) is 34.3 Å². The number of halogens is 1. The summed E-state index contributed by atoms with van der Waals surface area (Å²) >= 11 is 1.59. The number of hydrogen-bond acceptors (Lipinski definition) is 3. The molecule has 0 atom stereocenters. The first kappa shape index (κ1) is 18.6. The van der Waals surface area contributed by atoms with Crippen LogP contribution in [-0.2, 0) is 11.8 Å². The van der Waals surface area contributed by atoms with E-state index in [0.29, 0.717) is 40.9 Å². The lowest BCUT2D eigenvalue weighted by Crippen LogP contribution is -2.27. The molecule has 1 aromatic heterocycles. The average molecular weight is 397 g/mol. The van der Waals surface area contributed by atoms with Gasteiger partial charge in [0.25, 0.3) is 5.91 Å². The van der Waals surface area contributed by atoms with E-state index < -0.39 is 5.82 Å². The number of nitrogens with zero attached hydrogens (tertiary/aromatic N) is 2. The fourth-order valence-corrected chi connectivity index (χ4v) is 4.17. The summed E-state index contributed by atoms with van der Waals surface area (Å²) in [4.78, 5) is 28.3. The van der Waals surface area contributed by atoms with Crippen molar-refractivity contribution in [2.24, 2.45) is 7.05 Å².